The van der Waals surface area contributed by atoms with Crippen molar-refractivity contribution in [3.8, 4) is 16.6 Å². The fraction of sp³-hybridized carbons (Fsp3) is 0.143. The van der Waals surface area contributed by atoms with Gasteiger partial charge in [-0.05, 0) is 56.3 Å². The minimum Gasteiger partial charge on any atom is -0.448 e. The first-order chi connectivity index (χ1) is 13.9. The van der Waals surface area contributed by atoms with E-state index in [1.165, 1.54) is 25.1 Å². The summed E-state index contributed by atoms with van der Waals surface area (Å²) >= 11 is 1.11. The van der Waals surface area contributed by atoms with Crippen LogP contribution in [-0.4, -0.2) is 23.0 Å². The van der Waals surface area contributed by atoms with Gasteiger partial charge in [-0.25, -0.2) is 14.2 Å². The van der Waals surface area contributed by atoms with Crippen LogP contribution in [0.15, 0.2) is 48.5 Å². The Morgan fingerprint density at radius 2 is 1.97 bits per heavy atom. The Morgan fingerprint density at radius 1 is 1.24 bits per heavy atom. The van der Waals surface area contributed by atoms with Gasteiger partial charge >= 0.3 is 5.97 Å². The SMILES string of the molecule is Cc1nc(-c2ccc(F)cc2)sc1C(=O)O[C@@H](C)C(=O)Nc1cccc(C#N)c1. The third kappa shape index (κ3) is 4.83. The molecule has 0 unspecified atom stereocenters. The molecule has 3 rings (SSSR count). The Bertz CT molecular complexity index is 1100. The molecule has 0 aliphatic rings. The van der Waals surface area contributed by atoms with Gasteiger partial charge in [-0.1, -0.05) is 6.07 Å². The van der Waals surface area contributed by atoms with Crippen molar-refractivity contribution in [1.29, 1.82) is 5.26 Å². The number of aromatic nitrogens is 1. The number of nitrogens with one attached hydrogen (secondary N) is 1. The molecule has 1 aromatic heterocycles. The van der Waals surface area contributed by atoms with Gasteiger partial charge in [0.2, 0.25) is 0 Å². The molecule has 0 spiro atoms. The standard InChI is InChI=1S/C21H16FN3O3S/c1-12-18(29-20(24-12)15-6-8-16(22)9-7-15)21(27)28-13(2)19(26)25-17-5-3-4-14(10-17)11-23/h3-10,13H,1-2H3,(H,25,26)/t13-/m0/s1. The lowest BCUT2D eigenvalue weighted by atomic mass is 10.2. The van der Waals surface area contributed by atoms with E-state index in [1.54, 1.807) is 37.3 Å². The van der Waals surface area contributed by atoms with Crippen LogP contribution < -0.4 is 5.32 Å². The number of carbonyl (C=O) groups excluding carboxylic acids is 2. The van der Waals surface area contributed by atoms with E-state index in [-0.39, 0.29) is 10.7 Å². The summed E-state index contributed by atoms with van der Waals surface area (Å²) in [7, 11) is 0. The van der Waals surface area contributed by atoms with Crippen LogP contribution in [0.1, 0.15) is 27.9 Å². The number of nitriles is 1. The van der Waals surface area contributed by atoms with Crippen molar-refractivity contribution in [2.75, 3.05) is 5.32 Å². The molecule has 0 fully saturated rings. The minimum atomic E-state index is -1.05. The minimum absolute atomic E-state index is 0.274. The molecular weight excluding hydrogens is 393 g/mol. The molecule has 3 aromatic rings. The van der Waals surface area contributed by atoms with Crippen LogP contribution in [0.4, 0.5) is 10.1 Å². The van der Waals surface area contributed by atoms with Gasteiger partial charge in [0.05, 0.1) is 17.3 Å². The highest BCUT2D eigenvalue weighted by atomic mass is 32.1. The van der Waals surface area contributed by atoms with E-state index in [2.05, 4.69) is 10.3 Å². The Morgan fingerprint density at radius 3 is 2.66 bits per heavy atom. The van der Waals surface area contributed by atoms with Gasteiger partial charge in [0.1, 0.15) is 15.7 Å². The smallest absolute Gasteiger partial charge is 0.351 e. The predicted molar refractivity (Wildman–Crippen MR) is 107 cm³/mol. The summed E-state index contributed by atoms with van der Waals surface area (Å²) in [5.41, 5.74) is 1.99. The molecule has 0 aliphatic carbocycles. The predicted octanol–water partition coefficient (Wildman–Crippen LogP) is 4.31. The number of benzene rings is 2. The number of nitrogens with zero attached hydrogens (tertiary/aromatic N) is 2. The van der Waals surface area contributed by atoms with Gasteiger partial charge in [-0.2, -0.15) is 5.26 Å². The van der Waals surface area contributed by atoms with Crippen molar-refractivity contribution in [2.24, 2.45) is 0 Å². The topological polar surface area (TPSA) is 92.1 Å². The quantitative estimate of drug-likeness (QED) is 0.634. The Balaban J connectivity index is 1.68. The van der Waals surface area contributed by atoms with Crippen LogP contribution >= 0.6 is 11.3 Å². The molecule has 1 N–H and O–H groups in total. The molecular formula is C21H16FN3O3S. The lowest BCUT2D eigenvalue weighted by molar-refractivity contribution is -0.123. The van der Waals surface area contributed by atoms with Crippen molar-refractivity contribution in [1.82, 2.24) is 4.98 Å². The molecule has 6 nitrogen and oxygen atoms in total. The van der Waals surface area contributed by atoms with Gasteiger partial charge in [-0.3, -0.25) is 4.79 Å². The monoisotopic (exact) mass is 409 g/mol. The molecule has 2 aromatic carbocycles. The molecule has 146 valence electrons. The maximum Gasteiger partial charge on any atom is 0.351 e. The molecule has 0 aliphatic heterocycles. The Hall–Kier alpha value is -3.57. The number of anilines is 1. The number of thiazole rings is 1. The van der Waals surface area contributed by atoms with Crippen LogP contribution in [0.5, 0.6) is 0 Å². The van der Waals surface area contributed by atoms with Crippen LogP contribution in [0.3, 0.4) is 0 Å². The second-order valence-corrected chi connectivity index (χ2v) is 7.17. The van der Waals surface area contributed by atoms with Crippen LogP contribution in [0, 0.1) is 24.1 Å². The fourth-order valence-electron chi connectivity index (χ4n) is 2.48. The van der Waals surface area contributed by atoms with E-state index in [9.17, 15) is 14.0 Å². The Kier molecular flexibility index (Phi) is 6.00. The first-order valence-corrected chi connectivity index (χ1v) is 9.44. The summed E-state index contributed by atoms with van der Waals surface area (Å²) in [6.07, 6.45) is -1.05. The van der Waals surface area contributed by atoms with Crippen LogP contribution in [0.2, 0.25) is 0 Å². The summed E-state index contributed by atoms with van der Waals surface area (Å²) in [5, 5.41) is 12.1. The van der Waals surface area contributed by atoms with E-state index in [4.69, 9.17) is 10.00 Å². The number of hydrogen-bond acceptors (Lipinski definition) is 6. The summed E-state index contributed by atoms with van der Waals surface area (Å²) in [6, 6.07) is 14.2. The maximum absolute atomic E-state index is 13.1. The van der Waals surface area contributed by atoms with E-state index in [0.717, 1.165) is 11.3 Å². The first-order valence-electron chi connectivity index (χ1n) is 8.62. The number of halogens is 1. The normalized spacial score (nSPS) is 11.4. The summed E-state index contributed by atoms with van der Waals surface area (Å²) in [4.78, 5) is 29.4. The van der Waals surface area contributed by atoms with Crippen molar-refractivity contribution < 1.29 is 18.7 Å². The zero-order chi connectivity index (χ0) is 21.0. The maximum atomic E-state index is 13.1. The lowest BCUT2D eigenvalue weighted by Crippen LogP contribution is -2.30. The molecule has 0 saturated carbocycles. The van der Waals surface area contributed by atoms with Gasteiger partial charge in [0.25, 0.3) is 5.91 Å². The zero-order valence-corrected chi connectivity index (χ0v) is 16.4. The first kappa shape index (κ1) is 20.2. The van der Waals surface area contributed by atoms with E-state index in [1.807, 2.05) is 6.07 Å². The molecule has 29 heavy (non-hydrogen) atoms. The molecule has 0 bridgehead atoms. The highest BCUT2D eigenvalue weighted by molar-refractivity contribution is 7.17. The zero-order valence-electron chi connectivity index (χ0n) is 15.6. The number of ether oxygens (including phenoxy) is 1. The average Bonchev–Trinajstić information content (AvgIpc) is 3.10. The number of amides is 1. The second-order valence-electron chi connectivity index (χ2n) is 6.17. The Labute approximate surface area is 170 Å². The molecule has 1 atom stereocenters. The number of hydrogen-bond donors (Lipinski definition) is 1. The van der Waals surface area contributed by atoms with Gasteiger partial charge in [-0.15, -0.1) is 11.3 Å². The van der Waals surface area contributed by atoms with E-state index in [0.29, 0.717) is 27.5 Å². The highest BCUT2D eigenvalue weighted by Crippen LogP contribution is 2.28. The molecule has 0 radical (unpaired) electrons. The van der Waals surface area contributed by atoms with E-state index < -0.39 is 18.0 Å². The third-order valence-electron chi connectivity index (χ3n) is 3.99. The van der Waals surface area contributed by atoms with Gasteiger partial charge < -0.3 is 10.1 Å². The van der Waals surface area contributed by atoms with E-state index >= 15 is 0 Å². The third-order valence-corrected chi connectivity index (χ3v) is 5.17. The summed E-state index contributed by atoms with van der Waals surface area (Å²) in [6.45, 7) is 3.12. The molecule has 0 saturated heterocycles. The lowest BCUT2D eigenvalue weighted by Gasteiger charge is -2.13. The van der Waals surface area contributed by atoms with Gasteiger partial charge in [0.15, 0.2) is 6.10 Å². The number of aryl methyl sites for hydroxylation is 1. The van der Waals surface area contributed by atoms with Crippen LogP contribution in [-0.2, 0) is 9.53 Å². The second kappa shape index (κ2) is 8.63. The van der Waals surface area contributed by atoms with Crippen molar-refractivity contribution in [2.45, 2.75) is 20.0 Å². The summed E-state index contributed by atoms with van der Waals surface area (Å²) in [5.74, 6) is -1.54. The highest BCUT2D eigenvalue weighted by Gasteiger charge is 2.23. The van der Waals surface area contributed by atoms with Crippen molar-refractivity contribution in [3.05, 3.63) is 70.5 Å². The number of carbonyl (C=O) groups is 2. The molecule has 8 heteroatoms. The average molecular weight is 409 g/mol. The van der Waals surface area contributed by atoms with Crippen molar-refractivity contribution >= 4 is 28.9 Å². The molecule has 1 amide bonds. The fourth-order valence-corrected chi connectivity index (χ4v) is 3.43. The summed E-state index contributed by atoms with van der Waals surface area (Å²) < 4.78 is 18.4. The number of esters is 1. The van der Waals surface area contributed by atoms with Crippen LogP contribution in [0.25, 0.3) is 10.6 Å². The van der Waals surface area contributed by atoms with Crippen molar-refractivity contribution in [3.63, 3.8) is 0 Å². The van der Waals surface area contributed by atoms with Gasteiger partial charge in [0, 0.05) is 11.3 Å². The largest absolute Gasteiger partial charge is 0.448 e. The number of rotatable bonds is 5. The molecule has 1 heterocycles.